The Balaban J connectivity index is 1.63. The van der Waals surface area contributed by atoms with Crippen LogP contribution in [0.1, 0.15) is 16.7 Å². The van der Waals surface area contributed by atoms with Gasteiger partial charge in [0.2, 0.25) is 0 Å². The highest BCUT2D eigenvalue weighted by Crippen LogP contribution is 2.29. The first-order valence-electron chi connectivity index (χ1n) is 7.77. The molecule has 24 heavy (non-hydrogen) atoms. The van der Waals surface area contributed by atoms with Gasteiger partial charge in [0.05, 0.1) is 6.61 Å². The molecule has 1 aliphatic rings. The van der Waals surface area contributed by atoms with Crippen LogP contribution in [0.5, 0.6) is 5.75 Å². The maximum absolute atomic E-state index is 13.7. The summed E-state index contributed by atoms with van der Waals surface area (Å²) in [5, 5.41) is 3.03. The summed E-state index contributed by atoms with van der Waals surface area (Å²) < 4.78 is 24.3. The predicted octanol–water partition coefficient (Wildman–Crippen LogP) is 2.97. The average molecular weight is 329 g/mol. The summed E-state index contributed by atoms with van der Waals surface area (Å²) in [6.07, 6.45) is 0.538. The maximum atomic E-state index is 13.7. The number of fused-ring (bicyclic) bond motifs is 1. The number of nitrogens with zero attached hydrogens (tertiary/aromatic N) is 1. The first-order chi connectivity index (χ1) is 11.6. The van der Waals surface area contributed by atoms with Crippen LogP contribution in [-0.2, 0) is 17.8 Å². The smallest absolute Gasteiger partial charge is 0.193 e. The molecule has 0 fully saturated rings. The number of nitrogens with one attached hydrogen (secondary N) is 1. The van der Waals surface area contributed by atoms with Gasteiger partial charge in [0.15, 0.2) is 12.8 Å². The number of guanidine groups is 1. The first-order valence-corrected chi connectivity index (χ1v) is 7.77. The van der Waals surface area contributed by atoms with Crippen LogP contribution in [0.15, 0.2) is 41.4 Å². The van der Waals surface area contributed by atoms with Gasteiger partial charge in [-0.05, 0) is 43.2 Å². The van der Waals surface area contributed by atoms with Crippen molar-refractivity contribution in [1.82, 2.24) is 0 Å². The van der Waals surface area contributed by atoms with E-state index < -0.39 is 0 Å². The van der Waals surface area contributed by atoms with E-state index in [4.69, 9.17) is 15.2 Å². The Morgan fingerprint density at radius 3 is 2.88 bits per heavy atom. The van der Waals surface area contributed by atoms with Crippen molar-refractivity contribution in [3.63, 3.8) is 0 Å². The summed E-state index contributed by atoms with van der Waals surface area (Å²) in [4.78, 5) is 4.29. The van der Waals surface area contributed by atoms with E-state index in [1.54, 1.807) is 0 Å². The van der Waals surface area contributed by atoms with E-state index in [-0.39, 0.29) is 12.6 Å². The van der Waals surface area contributed by atoms with Crippen molar-refractivity contribution in [2.45, 2.75) is 20.0 Å². The summed E-state index contributed by atoms with van der Waals surface area (Å²) >= 11 is 0. The third kappa shape index (κ3) is 4.02. The van der Waals surface area contributed by atoms with Crippen molar-refractivity contribution in [3.8, 4) is 5.75 Å². The van der Waals surface area contributed by atoms with Gasteiger partial charge in [0.25, 0.3) is 0 Å². The highest BCUT2D eigenvalue weighted by atomic mass is 19.1. The van der Waals surface area contributed by atoms with Gasteiger partial charge in [0, 0.05) is 17.8 Å². The molecular weight excluding hydrogens is 309 g/mol. The minimum atomic E-state index is -0.299. The molecule has 0 unspecified atom stereocenters. The molecule has 0 aromatic heterocycles. The van der Waals surface area contributed by atoms with Crippen molar-refractivity contribution in [3.05, 3.63) is 58.9 Å². The summed E-state index contributed by atoms with van der Waals surface area (Å²) in [7, 11) is 0. The Kier molecular flexibility index (Phi) is 4.96. The highest BCUT2D eigenvalue weighted by molar-refractivity contribution is 5.92. The van der Waals surface area contributed by atoms with Gasteiger partial charge < -0.3 is 20.5 Å². The molecule has 0 saturated heterocycles. The molecular formula is C18H20FN3O2. The van der Waals surface area contributed by atoms with Gasteiger partial charge in [-0.2, -0.15) is 0 Å². The lowest BCUT2D eigenvalue weighted by Gasteiger charge is -2.20. The molecule has 0 bridgehead atoms. The summed E-state index contributed by atoms with van der Waals surface area (Å²) in [5.41, 5.74) is 9.45. The van der Waals surface area contributed by atoms with Crippen LogP contribution < -0.4 is 15.8 Å². The topological polar surface area (TPSA) is 68.9 Å². The molecule has 0 saturated carbocycles. The van der Waals surface area contributed by atoms with E-state index >= 15 is 0 Å². The molecule has 0 radical (unpaired) electrons. The zero-order valence-electron chi connectivity index (χ0n) is 13.5. The van der Waals surface area contributed by atoms with Crippen molar-refractivity contribution in [2.75, 3.05) is 18.7 Å². The van der Waals surface area contributed by atoms with Gasteiger partial charge in [-0.25, -0.2) is 4.39 Å². The lowest BCUT2D eigenvalue weighted by Crippen LogP contribution is -2.23. The fraction of sp³-hybridized carbons (Fsp3) is 0.278. The second-order valence-corrected chi connectivity index (χ2v) is 5.67. The monoisotopic (exact) mass is 329 g/mol. The van der Waals surface area contributed by atoms with Gasteiger partial charge in [-0.3, -0.25) is 4.99 Å². The van der Waals surface area contributed by atoms with E-state index in [2.05, 4.69) is 10.3 Å². The van der Waals surface area contributed by atoms with E-state index in [0.717, 1.165) is 16.8 Å². The number of hydrogen-bond donors (Lipinski definition) is 2. The molecule has 0 spiro atoms. The second-order valence-electron chi connectivity index (χ2n) is 5.67. The Hall–Kier alpha value is -2.60. The normalized spacial score (nSPS) is 14.0. The van der Waals surface area contributed by atoms with Crippen LogP contribution in [0, 0.1) is 12.7 Å². The number of aliphatic imine (C=N–C) groups is 1. The van der Waals surface area contributed by atoms with E-state index in [1.165, 1.54) is 17.7 Å². The Labute approximate surface area is 140 Å². The molecule has 2 aromatic carbocycles. The minimum Gasteiger partial charge on any atom is -0.467 e. The predicted molar refractivity (Wildman–Crippen MR) is 91.7 cm³/mol. The third-order valence-electron chi connectivity index (χ3n) is 3.74. The van der Waals surface area contributed by atoms with Crippen LogP contribution in [0.25, 0.3) is 0 Å². The van der Waals surface area contributed by atoms with Crippen LogP contribution in [-0.4, -0.2) is 19.3 Å². The van der Waals surface area contributed by atoms with Crippen molar-refractivity contribution in [2.24, 2.45) is 10.7 Å². The molecule has 0 atom stereocenters. The number of ether oxygens (including phenoxy) is 2. The first kappa shape index (κ1) is 16.3. The Morgan fingerprint density at radius 1 is 1.29 bits per heavy atom. The van der Waals surface area contributed by atoms with E-state index in [0.29, 0.717) is 31.3 Å². The van der Waals surface area contributed by atoms with Crippen LogP contribution in [0.3, 0.4) is 0 Å². The van der Waals surface area contributed by atoms with E-state index in [1.807, 2.05) is 31.2 Å². The number of halogens is 1. The summed E-state index contributed by atoms with van der Waals surface area (Å²) in [6.45, 7) is 3.01. The molecule has 3 rings (SSSR count). The SMILES string of the molecule is Cc1ccc(NC(N)=NCCc2cc(F)cc3c2OCOC3)cc1. The maximum Gasteiger partial charge on any atom is 0.193 e. The molecule has 126 valence electrons. The summed E-state index contributed by atoms with van der Waals surface area (Å²) in [5.74, 6) is 0.726. The average Bonchev–Trinajstić information content (AvgIpc) is 2.57. The zero-order chi connectivity index (χ0) is 16.9. The van der Waals surface area contributed by atoms with Gasteiger partial charge in [0.1, 0.15) is 11.6 Å². The molecule has 2 aromatic rings. The quantitative estimate of drug-likeness (QED) is 0.668. The number of hydrogen-bond acceptors (Lipinski definition) is 3. The summed E-state index contributed by atoms with van der Waals surface area (Å²) in [6, 6.07) is 10.8. The largest absolute Gasteiger partial charge is 0.467 e. The van der Waals surface area contributed by atoms with Gasteiger partial charge in [-0.15, -0.1) is 0 Å². The number of benzene rings is 2. The highest BCUT2D eigenvalue weighted by Gasteiger charge is 2.16. The molecule has 1 aliphatic heterocycles. The second kappa shape index (κ2) is 7.31. The van der Waals surface area contributed by atoms with Crippen molar-refractivity contribution >= 4 is 11.6 Å². The van der Waals surface area contributed by atoms with Crippen LogP contribution >= 0.6 is 0 Å². The third-order valence-corrected chi connectivity index (χ3v) is 3.74. The molecule has 1 heterocycles. The lowest BCUT2D eigenvalue weighted by atomic mass is 10.1. The fourth-order valence-electron chi connectivity index (χ4n) is 2.56. The molecule has 3 N–H and O–H groups in total. The lowest BCUT2D eigenvalue weighted by molar-refractivity contribution is -0.0172. The van der Waals surface area contributed by atoms with Gasteiger partial charge >= 0.3 is 0 Å². The van der Waals surface area contributed by atoms with Crippen LogP contribution in [0.4, 0.5) is 10.1 Å². The molecule has 0 aliphatic carbocycles. The molecule has 0 amide bonds. The standard InChI is InChI=1S/C18H20FN3O2/c1-12-2-4-16(5-3-12)22-18(20)21-7-6-13-8-15(19)9-14-10-23-11-24-17(13)14/h2-5,8-9H,6-7,10-11H2,1H3,(H3,20,21,22). The number of aryl methyl sites for hydroxylation is 1. The van der Waals surface area contributed by atoms with Crippen molar-refractivity contribution < 1.29 is 13.9 Å². The fourth-order valence-corrected chi connectivity index (χ4v) is 2.56. The number of nitrogens with two attached hydrogens (primary N) is 1. The van der Waals surface area contributed by atoms with Crippen molar-refractivity contribution in [1.29, 1.82) is 0 Å². The van der Waals surface area contributed by atoms with Gasteiger partial charge in [-0.1, -0.05) is 17.7 Å². The van der Waals surface area contributed by atoms with Crippen LogP contribution in [0.2, 0.25) is 0 Å². The minimum absolute atomic E-state index is 0.187. The Bertz CT molecular complexity index is 745. The van der Waals surface area contributed by atoms with E-state index in [9.17, 15) is 4.39 Å². The number of rotatable bonds is 4. The Morgan fingerprint density at radius 2 is 2.08 bits per heavy atom. The number of anilines is 1. The molecule has 6 heteroatoms. The molecule has 5 nitrogen and oxygen atoms in total. The zero-order valence-corrected chi connectivity index (χ0v) is 13.5.